The van der Waals surface area contributed by atoms with Gasteiger partial charge in [0.15, 0.2) is 0 Å². The fraction of sp³-hybridized carbons (Fsp3) is 0.417. The second-order valence-electron chi connectivity index (χ2n) is 9.07. The zero-order chi connectivity index (χ0) is 23.9. The molecule has 0 radical (unpaired) electrons. The lowest BCUT2D eigenvalue weighted by Crippen LogP contribution is -2.44. The Hall–Kier alpha value is -2.52. The molecule has 9 heteroatoms. The maximum atomic E-state index is 13.2. The Morgan fingerprint density at radius 3 is 2.58 bits per heavy atom. The summed E-state index contributed by atoms with van der Waals surface area (Å²) in [6, 6.07) is 5.62. The molecule has 174 valence electrons. The standard InChI is InChI=1S/C24H27BrN4O3S/c1-13-7-14(2)10-28(9-13)19(30)11-29-12-26-23-20(24(29)32)16(4)21(33-23)22(31)27-18-6-5-17(25)8-15(18)3/h5-6,8,12-14H,7,9-11H2,1-4H3,(H,27,31)/t13-,14-/m0/s1. The third-order valence-corrected chi connectivity index (χ3v) is 7.78. The molecular weight excluding hydrogens is 504 g/mol. The van der Waals surface area contributed by atoms with Crippen LogP contribution in [0.1, 0.15) is 41.1 Å². The van der Waals surface area contributed by atoms with Crippen LogP contribution in [0.5, 0.6) is 0 Å². The number of thiophene rings is 1. The highest BCUT2D eigenvalue weighted by Crippen LogP contribution is 2.29. The number of benzene rings is 1. The molecule has 3 heterocycles. The van der Waals surface area contributed by atoms with E-state index in [1.54, 1.807) is 6.92 Å². The summed E-state index contributed by atoms with van der Waals surface area (Å²) < 4.78 is 2.29. The Kier molecular flexibility index (Phi) is 6.72. The molecule has 1 N–H and O–H groups in total. The number of carbonyl (C=O) groups excluding carboxylic acids is 2. The maximum Gasteiger partial charge on any atom is 0.266 e. The molecule has 0 aliphatic carbocycles. The van der Waals surface area contributed by atoms with Gasteiger partial charge in [-0.2, -0.15) is 0 Å². The molecule has 1 saturated heterocycles. The van der Waals surface area contributed by atoms with Crippen molar-refractivity contribution in [3.8, 4) is 0 Å². The normalized spacial score (nSPS) is 18.5. The van der Waals surface area contributed by atoms with Gasteiger partial charge in [0.25, 0.3) is 11.5 Å². The number of amides is 2. The van der Waals surface area contributed by atoms with E-state index in [9.17, 15) is 14.4 Å². The Morgan fingerprint density at radius 2 is 1.91 bits per heavy atom. The Labute approximate surface area is 204 Å². The third-order valence-electron chi connectivity index (χ3n) is 6.09. The fourth-order valence-corrected chi connectivity index (χ4v) is 6.06. The predicted octanol–water partition coefficient (Wildman–Crippen LogP) is 4.59. The highest BCUT2D eigenvalue weighted by molar-refractivity contribution is 9.10. The van der Waals surface area contributed by atoms with Gasteiger partial charge >= 0.3 is 0 Å². The van der Waals surface area contributed by atoms with Crippen LogP contribution in [0, 0.1) is 25.7 Å². The molecule has 3 aromatic rings. The summed E-state index contributed by atoms with van der Waals surface area (Å²) in [6.07, 6.45) is 2.52. The zero-order valence-electron chi connectivity index (χ0n) is 19.1. The van der Waals surface area contributed by atoms with E-state index in [0.717, 1.165) is 16.5 Å². The third kappa shape index (κ3) is 4.89. The quantitative estimate of drug-likeness (QED) is 0.534. The van der Waals surface area contributed by atoms with Gasteiger partial charge in [0.05, 0.1) is 16.6 Å². The molecule has 0 spiro atoms. The molecule has 1 aromatic carbocycles. The van der Waals surface area contributed by atoms with Gasteiger partial charge in [0.2, 0.25) is 5.91 Å². The largest absolute Gasteiger partial charge is 0.341 e. The SMILES string of the molecule is Cc1cc(Br)ccc1NC(=O)c1sc2ncn(CC(=O)N3C[C@@H](C)C[C@H](C)C3)c(=O)c2c1C. The van der Waals surface area contributed by atoms with E-state index in [1.165, 1.54) is 22.2 Å². The van der Waals surface area contributed by atoms with Crippen molar-refractivity contribution < 1.29 is 9.59 Å². The number of rotatable bonds is 4. The molecule has 7 nitrogen and oxygen atoms in total. The molecule has 33 heavy (non-hydrogen) atoms. The van der Waals surface area contributed by atoms with Crippen molar-refractivity contribution in [3.05, 3.63) is 55.4 Å². The summed E-state index contributed by atoms with van der Waals surface area (Å²) in [6.45, 7) is 9.34. The van der Waals surface area contributed by atoms with Crippen LogP contribution in [0.3, 0.4) is 0 Å². The molecule has 0 saturated carbocycles. The van der Waals surface area contributed by atoms with E-state index in [4.69, 9.17) is 0 Å². The summed E-state index contributed by atoms with van der Waals surface area (Å²) in [5.41, 5.74) is 1.93. The topological polar surface area (TPSA) is 84.3 Å². The van der Waals surface area contributed by atoms with Gasteiger partial charge in [-0.15, -0.1) is 11.3 Å². The minimum absolute atomic E-state index is 0.0455. The summed E-state index contributed by atoms with van der Waals surface area (Å²) >= 11 is 4.61. The first-order chi connectivity index (χ1) is 15.6. The van der Waals surface area contributed by atoms with Crippen molar-refractivity contribution in [2.75, 3.05) is 18.4 Å². The van der Waals surface area contributed by atoms with Gasteiger partial charge in [0, 0.05) is 23.2 Å². The van der Waals surface area contributed by atoms with E-state index in [2.05, 4.69) is 40.1 Å². The molecule has 0 unspecified atom stereocenters. The lowest BCUT2D eigenvalue weighted by Gasteiger charge is -2.35. The molecule has 2 amide bonds. The lowest BCUT2D eigenvalue weighted by atomic mass is 9.92. The van der Waals surface area contributed by atoms with E-state index < -0.39 is 0 Å². The minimum Gasteiger partial charge on any atom is -0.341 e. The summed E-state index contributed by atoms with van der Waals surface area (Å²) in [5, 5.41) is 3.32. The first kappa shape index (κ1) is 23.6. The van der Waals surface area contributed by atoms with Crippen LogP contribution < -0.4 is 10.9 Å². The van der Waals surface area contributed by atoms with Crippen molar-refractivity contribution in [3.63, 3.8) is 0 Å². The highest BCUT2D eigenvalue weighted by Gasteiger charge is 2.26. The van der Waals surface area contributed by atoms with Crippen LogP contribution in [0.25, 0.3) is 10.2 Å². The van der Waals surface area contributed by atoms with Crippen molar-refractivity contribution in [2.45, 2.75) is 40.7 Å². The van der Waals surface area contributed by atoms with Crippen LogP contribution in [-0.2, 0) is 11.3 Å². The Morgan fingerprint density at radius 1 is 1.21 bits per heavy atom. The summed E-state index contributed by atoms with van der Waals surface area (Å²) in [5.74, 6) is 0.543. The van der Waals surface area contributed by atoms with Gasteiger partial charge in [-0.05, 0) is 61.4 Å². The Bertz CT molecular complexity index is 1290. The molecule has 4 rings (SSSR count). The first-order valence-corrected chi connectivity index (χ1v) is 12.6. The first-order valence-electron chi connectivity index (χ1n) is 11.0. The van der Waals surface area contributed by atoms with Crippen molar-refractivity contribution in [2.24, 2.45) is 11.8 Å². The van der Waals surface area contributed by atoms with Crippen molar-refractivity contribution >= 4 is 55.0 Å². The molecule has 1 aliphatic heterocycles. The van der Waals surface area contributed by atoms with Crippen LogP contribution in [0.4, 0.5) is 5.69 Å². The zero-order valence-corrected chi connectivity index (χ0v) is 21.5. The number of hydrogen-bond acceptors (Lipinski definition) is 5. The second kappa shape index (κ2) is 9.38. The number of piperidine rings is 1. The number of aromatic nitrogens is 2. The van der Waals surface area contributed by atoms with E-state index >= 15 is 0 Å². The number of nitrogens with zero attached hydrogens (tertiary/aromatic N) is 3. The second-order valence-corrected chi connectivity index (χ2v) is 11.0. The van der Waals surface area contributed by atoms with Crippen molar-refractivity contribution in [1.82, 2.24) is 14.5 Å². The monoisotopic (exact) mass is 530 g/mol. The van der Waals surface area contributed by atoms with Gasteiger partial charge in [-0.25, -0.2) is 4.98 Å². The summed E-state index contributed by atoms with van der Waals surface area (Å²) in [7, 11) is 0. The fourth-order valence-electron chi connectivity index (χ4n) is 4.55. The maximum absolute atomic E-state index is 13.2. The predicted molar refractivity (Wildman–Crippen MR) is 135 cm³/mol. The van der Waals surface area contributed by atoms with Crippen LogP contribution in [0.15, 0.2) is 33.8 Å². The number of halogens is 1. The average molecular weight is 531 g/mol. The number of carbonyl (C=O) groups is 2. The molecule has 1 fully saturated rings. The number of hydrogen-bond donors (Lipinski definition) is 1. The van der Waals surface area contributed by atoms with E-state index in [0.29, 0.717) is 51.3 Å². The van der Waals surface area contributed by atoms with E-state index in [-0.39, 0.29) is 23.9 Å². The molecular formula is C24H27BrN4O3S. The molecule has 0 bridgehead atoms. The lowest BCUT2D eigenvalue weighted by molar-refractivity contribution is -0.134. The molecule has 1 aliphatic rings. The van der Waals surface area contributed by atoms with Crippen LogP contribution >= 0.6 is 27.3 Å². The number of nitrogens with one attached hydrogen (secondary N) is 1. The average Bonchev–Trinajstić information content (AvgIpc) is 3.08. The van der Waals surface area contributed by atoms with Crippen molar-refractivity contribution in [1.29, 1.82) is 0 Å². The smallest absolute Gasteiger partial charge is 0.266 e. The van der Waals surface area contributed by atoms with Gasteiger partial charge in [-0.1, -0.05) is 29.8 Å². The highest BCUT2D eigenvalue weighted by atomic mass is 79.9. The molecule has 2 atom stereocenters. The van der Waals surface area contributed by atoms with Crippen LogP contribution in [-0.4, -0.2) is 39.4 Å². The number of anilines is 1. The van der Waals surface area contributed by atoms with Crippen LogP contribution in [0.2, 0.25) is 0 Å². The molecule has 2 aromatic heterocycles. The van der Waals surface area contributed by atoms with E-state index in [1.807, 2.05) is 30.0 Å². The number of fused-ring (bicyclic) bond motifs is 1. The number of aryl methyl sites for hydroxylation is 2. The number of likely N-dealkylation sites (tertiary alicyclic amines) is 1. The Balaban J connectivity index is 1.59. The minimum atomic E-state index is -0.293. The van der Waals surface area contributed by atoms with Gasteiger partial charge < -0.3 is 10.2 Å². The van der Waals surface area contributed by atoms with Gasteiger partial charge in [0.1, 0.15) is 11.4 Å². The van der Waals surface area contributed by atoms with Gasteiger partial charge in [-0.3, -0.25) is 19.0 Å². The summed E-state index contributed by atoms with van der Waals surface area (Å²) in [4.78, 5) is 46.2.